The van der Waals surface area contributed by atoms with E-state index in [4.69, 9.17) is 4.74 Å². The van der Waals surface area contributed by atoms with Crippen LogP contribution in [0.2, 0.25) is 0 Å². The van der Waals surface area contributed by atoms with Crippen LogP contribution in [0.1, 0.15) is 26.2 Å². The van der Waals surface area contributed by atoms with Crippen LogP contribution in [0.5, 0.6) is 5.75 Å². The molecule has 1 amide bonds. The zero-order chi connectivity index (χ0) is 14.4. The summed E-state index contributed by atoms with van der Waals surface area (Å²) in [5, 5.41) is 3.47. The van der Waals surface area contributed by atoms with Gasteiger partial charge in [-0.25, -0.2) is 4.98 Å². The zero-order valence-corrected chi connectivity index (χ0v) is 12.3. The molecule has 0 atom stereocenters. The lowest BCUT2D eigenvalue weighted by atomic mass is 10.2. The second-order valence-corrected chi connectivity index (χ2v) is 5.34. The minimum absolute atomic E-state index is 0.00376. The van der Waals surface area contributed by atoms with E-state index < -0.39 is 0 Å². The Morgan fingerprint density at radius 1 is 1.55 bits per heavy atom. The average molecular weight is 290 g/mol. The van der Waals surface area contributed by atoms with Crippen molar-refractivity contribution < 1.29 is 9.53 Å². The molecule has 0 bridgehead atoms. The Labute approximate surface area is 122 Å². The maximum Gasteiger partial charge on any atom is 0.226 e. The normalized spacial score (nSPS) is 10.4. The van der Waals surface area contributed by atoms with E-state index in [1.165, 1.54) is 11.3 Å². The second-order valence-electron chi connectivity index (χ2n) is 4.31. The van der Waals surface area contributed by atoms with E-state index >= 15 is 0 Å². The zero-order valence-electron chi connectivity index (χ0n) is 11.5. The van der Waals surface area contributed by atoms with E-state index in [0.717, 1.165) is 28.8 Å². The molecule has 2 aromatic rings. The van der Waals surface area contributed by atoms with Crippen molar-refractivity contribution in [3.8, 4) is 5.75 Å². The third-order valence-electron chi connectivity index (χ3n) is 2.73. The lowest BCUT2D eigenvalue weighted by Crippen LogP contribution is -2.10. The number of carbonyl (C=O) groups excluding carboxylic acids is 1. The molecule has 0 fully saturated rings. The van der Waals surface area contributed by atoms with Crippen LogP contribution in [0.15, 0.2) is 30.9 Å². The molecule has 2 rings (SSSR count). The number of anilines is 1. The molecule has 0 saturated carbocycles. The predicted octanol–water partition coefficient (Wildman–Crippen LogP) is 3.99. The van der Waals surface area contributed by atoms with Gasteiger partial charge in [0.05, 0.1) is 16.8 Å². The number of aromatic nitrogens is 1. The Bertz CT molecular complexity index is 607. The Morgan fingerprint density at radius 3 is 3.15 bits per heavy atom. The number of hydrogen-bond donors (Lipinski definition) is 1. The van der Waals surface area contributed by atoms with Gasteiger partial charge in [-0.2, -0.15) is 0 Å². The number of amides is 1. The summed E-state index contributed by atoms with van der Waals surface area (Å²) < 4.78 is 6.46. The summed E-state index contributed by atoms with van der Waals surface area (Å²) >= 11 is 1.46. The third-order valence-corrected chi connectivity index (χ3v) is 3.66. The van der Waals surface area contributed by atoms with Gasteiger partial charge in [0.1, 0.15) is 5.75 Å². The van der Waals surface area contributed by atoms with Gasteiger partial charge in [0.15, 0.2) is 5.13 Å². The topological polar surface area (TPSA) is 51.2 Å². The van der Waals surface area contributed by atoms with Crippen molar-refractivity contribution in [2.24, 2.45) is 0 Å². The number of ether oxygens (including phenoxy) is 1. The molecule has 0 unspecified atom stereocenters. The minimum Gasteiger partial charge on any atom is -0.494 e. The molecule has 0 saturated heterocycles. The Hall–Kier alpha value is -1.88. The monoisotopic (exact) mass is 290 g/mol. The van der Waals surface area contributed by atoms with Crippen molar-refractivity contribution in [1.29, 1.82) is 0 Å². The van der Waals surface area contributed by atoms with E-state index in [2.05, 4.69) is 16.9 Å². The van der Waals surface area contributed by atoms with Gasteiger partial charge in [-0.3, -0.25) is 4.79 Å². The summed E-state index contributed by atoms with van der Waals surface area (Å²) in [5.41, 5.74) is 0.875. The molecule has 0 aliphatic heterocycles. The second kappa shape index (κ2) is 7.05. The van der Waals surface area contributed by atoms with Crippen LogP contribution >= 0.6 is 11.3 Å². The molecule has 1 N–H and O–H groups in total. The number of unbranched alkanes of at least 4 members (excludes halogenated alkanes) is 1. The molecule has 1 heterocycles. The van der Waals surface area contributed by atoms with Crippen molar-refractivity contribution in [2.75, 3.05) is 11.9 Å². The molecular weight excluding hydrogens is 272 g/mol. The quantitative estimate of drug-likeness (QED) is 0.619. The van der Waals surface area contributed by atoms with Crippen LogP contribution in [0, 0.1) is 0 Å². The fraction of sp³-hybridized carbons (Fsp3) is 0.333. The van der Waals surface area contributed by atoms with E-state index in [0.29, 0.717) is 18.2 Å². The highest BCUT2D eigenvalue weighted by atomic mass is 32.1. The molecular formula is C15H18N2O2S. The molecule has 5 heteroatoms. The molecule has 0 aliphatic carbocycles. The van der Waals surface area contributed by atoms with E-state index in [1.54, 1.807) is 0 Å². The van der Waals surface area contributed by atoms with Gasteiger partial charge in [-0.15, -0.1) is 6.58 Å². The van der Waals surface area contributed by atoms with Crippen LogP contribution in [-0.2, 0) is 4.79 Å². The van der Waals surface area contributed by atoms with Crippen molar-refractivity contribution >= 4 is 32.6 Å². The molecule has 1 aromatic carbocycles. The smallest absolute Gasteiger partial charge is 0.226 e. The molecule has 1 aromatic heterocycles. The number of hydrogen-bond acceptors (Lipinski definition) is 4. The first-order valence-corrected chi connectivity index (χ1v) is 7.48. The first-order chi connectivity index (χ1) is 9.72. The number of nitrogens with zero attached hydrogens (tertiary/aromatic N) is 1. The summed E-state index contributed by atoms with van der Waals surface area (Å²) in [6, 6.07) is 5.75. The standard InChI is InChI=1S/C15H18N2O2S/c1-3-5-6-7-14(18)17-15-16-12-9-8-11(19-4-2)10-13(12)20-15/h3,8-10H,1,4-7H2,2H3,(H,16,17,18). The molecule has 4 nitrogen and oxygen atoms in total. The Morgan fingerprint density at radius 2 is 2.40 bits per heavy atom. The van der Waals surface area contributed by atoms with Gasteiger partial charge in [0.25, 0.3) is 0 Å². The van der Waals surface area contributed by atoms with Gasteiger partial charge in [-0.05, 0) is 38.0 Å². The summed E-state index contributed by atoms with van der Waals surface area (Å²) in [6.07, 6.45) is 3.98. The van der Waals surface area contributed by atoms with Crippen molar-refractivity contribution in [3.05, 3.63) is 30.9 Å². The predicted molar refractivity (Wildman–Crippen MR) is 83.5 cm³/mol. The number of fused-ring (bicyclic) bond motifs is 1. The van der Waals surface area contributed by atoms with Crippen molar-refractivity contribution in [1.82, 2.24) is 4.98 Å². The fourth-order valence-electron chi connectivity index (χ4n) is 1.80. The Kier molecular flexibility index (Phi) is 5.12. The number of carbonyl (C=O) groups is 1. The third kappa shape index (κ3) is 3.81. The van der Waals surface area contributed by atoms with Gasteiger partial charge in [-0.1, -0.05) is 17.4 Å². The molecule has 0 radical (unpaired) electrons. The van der Waals surface area contributed by atoms with Crippen LogP contribution in [0.4, 0.5) is 5.13 Å². The lowest BCUT2D eigenvalue weighted by Gasteiger charge is -2.00. The van der Waals surface area contributed by atoms with E-state index in [-0.39, 0.29) is 5.91 Å². The number of allylic oxidation sites excluding steroid dienone is 1. The maximum absolute atomic E-state index is 11.7. The van der Waals surface area contributed by atoms with Crippen LogP contribution in [0.3, 0.4) is 0 Å². The maximum atomic E-state index is 11.7. The summed E-state index contributed by atoms with van der Waals surface area (Å²) in [7, 11) is 0. The van der Waals surface area contributed by atoms with Gasteiger partial charge < -0.3 is 10.1 Å². The molecule has 0 spiro atoms. The summed E-state index contributed by atoms with van der Waals surface area (Å²) in [5.74, 6) is 0.823. The van der Waals surface area contributed by atoms with E-state index in [9.17, 15) is 4.79 Å². The van der Waals surface area contributed by atoms with E-state index in [1.807, 2.05) is 31.2 Å². The SMILES string of the molecule is C=CCCCC(=O)Nc1nc2ccc(OCC)cc2s1. The first kappa shape index (κ1) is 14.5. The number of nitrogens with one attached hydrogen (secondary N) is 1. The van der Waals surface area contributed by atoms with Crippen molar-refractivity contribution in [2.45, 2.75) is 26.2 Å². The van der Waals surface area contributed by atoms with Crippen LogP contribution in [-0.4, -0.2) is 17.5 Å². The highest BCUT2D eigenvalue weighted by Crippen LogP contribution is 2.29. The number of rotatable bonds is 7. The average Bonchev–Trinajstić information content (AvgIpc) is 2.80. The number of benzene rings is 1. The first-order valence-electron chi connectivity index (χ1n) is 6.67. The van der Waals surface area contributed by atoms with Gasteiger partial charge in [0.2, 0.25) is 5.91 Å². The lowest BCUT2D eigenvalue weighted by molar-refractivity contribution is -0.116. The van der Waals surface area contributed by atoms with Gasteiger partial charge >= 0.3 is 0 Å². The van der Waals surface area contributed by atoms with Crippen LogP contribution in [0.25, 0.3) is 10.2 Å². The molecule has 0 aliphatic rings. The summed E-state index contributed by atoms with van der Waals surface area (Å²) in [4.78, 5) is 16.1. The minimum atomic E-state index is -0.00376. The largest absolute Gasteiger partial charge is 0.494 e. The molecule has 20 heavy (non-hydrogen) atoms. The Balaban J connectivity index is 2.03. The number of thiazole rings is 1. The highest BCUT2D eigenvalue weighted by molar-refractivity contribution is 7.22. The van der Waals surface area contributed by atoms with Gasteiger partial charge in [0, 0.05) is 6.42 Å². The molecule has 106 valence electrons. The fourth-order valence-corrected chi connectivity index (χ4v) is 2.71. The highest BCUT2D eigenvalue weighted by Gasteiger charge is 2.08. The van der Waals surface area contributed by atoms with Crippen LogP contribution < -0.4 is 10.1 Å². The van der Waals surface area contributed by atoms with Crippen molar-refractivity contribution in [3.63, 3.8) is 0 Å². The summed E-state index contributed by atoms with van der Waals surface area (Å²) in [6.45, 7) is 6.23.